The van der Waals surface area contributed by atoms with E-state index < -0.39 is 0 Å². The van der Waals surface area contributed by atoms with Crippen molar-refractivity contribution in [1.82, 2.24) is 5.32 Å². The molecule has 0 radical (unpaired) electrons. The van der Waals surface area contributed by atoms with E-state index in [4.69, 9.17) is 4.42 Å². The van der Waals surface area contributed by atoms with Gasteiger partial charge in [-0.2, -0.15) is 0 Å². The maximum atomic E-state index is 14.2. The van der Waals surface area contributed by atoms with Crippen LogP contribution in [0.1, 0.15) is 24.3 Å². The molecule has 0 saturated heterocycles. The third kappa shape index (κ3) is 2.68. The van der Waals surface area contributed by atoms with Crippen LogP contribution in [-0.2, 0) is 0 Å². The Morgan fingerprint density at radius 1 is 1.28 bits per heavy atom. The first-order valence-electron chi connectivity index (χ1n) is 5.55. The molecular formula is C13H12Br2FNO. The lowest BCUT2D eigenvalue weighted by Gasteiger charge is -2.17. The molecule has 1 heterocycles. The molecule has 1 aromatic carbocycles. The van der Waals surface area contributed by atoms with Crippen LogP contribution in [0, 0.1) is 5.82 Å². The van der Waals surface area contributed by atoms with E-state index in [2.05, 4.69) is 37.2 Å². The highest BCUT2D eigenvalue weighted by Gasteiger charge is 2.23. The molecule has 0 aliphatic rings. The smallest absolute Gasteiger partial charge is 0.142 e. The number of nitrogens with one attached hydrogen (secondary N) is 1. The van der Waals surface area contributed by atoms with Crippen LogP contribution in [0.4, 0.5) is 4.39 Å². The first kappa shape index (κ1) is 13.8. The van der Waals surface area contributed by atoms with E-state index >= 15 is 0 Å². The minimum atomic E-state index is -0.308. The van der Waals surface area contributed by atoms with Gasteiger partial charge in [0.05, 0.1) is 21.3 Å². The second kappa shape index (κ2) is 5.99. The summed E-state index contributed by atoms with van der Waals surface area (Å²) in [5.74, 6) is 0.403. The maximum absolute atomic E-state index is 14.2. The van der Waals surface area contributed by atoms with E-state index in [0.29, 0.717) is 22.3 Å². The lowest BCUT2D eigenvalue weighted by Crippen LogP contribution is -2.23. The van der Waals surface area contributed by atoms with E-state index in [9.17, 15) is 4.39 Å². The van der Waals surface area contributed by atoms with Crippen molar-refractivity contribution in [3.8, 4) is 0 Å². The highest BCUT2D eigenvalue weighted by molar-refractivity contribution is 9.10. The molecule has 1 aromatic heterocycles. The van der Waals surface area contributed by atoms with Crippen LogP contribution in [0.25, 0.3) is 0 Å². The van der Waals surface area contributed by atoms with Crippen molar-refractivity contribution in [2.75, 3.05) is 6.54 Å². The van der Waals surface area contributed by atoms with Crippen LogP contribution in [0.2, 0.25) is 0 Å². The van der Waals surface area contributed by atoms with Crippen molar-refractivity contribution in [1.29, 1.82) is 0 Å². The van der Waals surface area contributed by atoms with Crippen LogP contribution in [0.3, 0.4) is 0 Å². The van der Waals surface area contributed by atoms with Gasteiger partial charge >= 0.3 is 0 Å². The van der Waals surface area contributed by atoms with Gasteiger partial charge in [0, 0.05) is 5.56 Å². The molecule has 2 aromatic rings. The number of hydrogen-bond donors (Lipinski definition) is 1. The molecule has 1 N–H and O–H groups in total. The van der Waals surface area contributed by atoms with E-state index in [1.54, 1.807) is 24.5 Å². The third-order valence-corrected chi connectivity index (χ3v) is 3.88. The van der Waals surface area contributed by atoms with Gasteiger partial charge in [-0.05, 0) is 50.5 Å². The molecule has 18 heavy (non-hydrogen) atoms. The van der Waals surface area contributed by atoms with Crippen LogP contribution >= 0.6 is 31.9 Å². The standard InChI is InChI=1S/C13H12Br2FNO/c1-2-17-12(13-10(15)6-7-18-13)8-4-3-5-9(14)11(8)16/h3-7,12,17H,2H2,1H3. The monoisotopic (exact) mass is 375 g/mol. The van der Waals surface area contributed by atoms with Gasteiger partial charge in [0.1, 0.15) is 11.6 Å². The molecule has 0 amide bonds. The third-order valence-electron chi connectivity index (χ3n) is 2.61. The quantitative estimate of drug-likeness (QED) is 0.840. The van der Waals surface area contributed by atoms with Gasteiger partial charge in [-0.3, -0.25) is 0 Å². The summed E-state index contributed by atoms with van der Waals surface area (Å²) in [6.07, 6.45) is 1.58. The van der Waals surface area contributed by atoms with Gasteiger partial charge < -0.3 is 9.73 Å². The summed E-state index contributed by atoms with van der Waals surface area (Å²) < 4.78 is 20.9. The molecule has 0 saturated carbocycles. The first-order valence-corrected chi connectivity index (χ1v) is 7.14. The summed E-state index contributed by atoms with van der Waals surface area (Å²) in [4.78, 5) is 0. The van der Waals surface area contributed by atoms with Crippen molar-refractivity contribution in [2.45, 2.75) is 13.0 Å². The highest BCUT2D eigenvalue weighted by Crippen LogP contribution is 2.32. The lowest BCUT2D eigenvalue weighted by molar-refractivity contribution is 0.439. The Morgan fingerprint density at radius 2 is 2.06 bits per heavy atom. The minimum absolute atomic E-state index is 0.272. The second-order valence-electron chi connectivity index (χ2n) is 3.77. The number of halogens is 3. The fourth-order valence-corrected chi connectivity index (χ4v) is 2.61. The lowest BCUT2D eigenvalue weighted by atomic mass is 10.0. The van der Waals surface area contributed by atoms with Crippen molar-refractivity contribution in [3.63, 3.8) is 0 Å². The van der Waals surface area contributed by atoms with E-state index in [1.165, 1.54) is 0 Å². The number of hydrogen-bond acceptors (Lipinski definition) is 2. The van der Waals surface area contributed by atoms with E-state index in [0.717, 1.165) is 4.47 Å². The van der Waals surface area contributed by atoms with Gasteiger partial charge in [-0.15, -0.1) is 0 Å². The van der Waals surface area contributed by atoms with Gasteiger partial charge in [0.15, 0.2) is 0 Å². The molecule has 0 aliphatic carbocycles. The van der Waals surface area contributed by atoms with Crippen LogP contribution in [-0.4, -0.2) is 6.54 Å². The predicted molar refractivity (Wildman–Crippen MR) is 76.0 cm³/mol. The first-order chi connectivity index (χ1) is 8.65. The molecule has 2 rings (SSSR count). The summed E-state index contributed by atoms with van der Waals surface area (Å²) >= 11 is 6.61. The molecule has 2 nitrogen and oxygen atoms in total. The SMILES string of the molecule is CCNC(c1cccc(Br)c1F)c1occc1Br. The van der Waals surface area contributed by atoms with E-state index in [1.807, 2.05) is 13.0 Å². The zero-order valence-corrected chi connectivity index (χ0v) is 12.9. The average molecular weight is 377 g/mol. The van der Waals surface area contributed by atoms with Crippen molar-refractivity contribution in [3.05, 3.63) is 56.6 Å². The summed E-state index contributed by atoms with van der Waals surface area (Å²) in [5.41, 5.74) is 0.557. The summed E-state index contributed by atoms with van der Waals surface area (Å²) in [5, 5.41) is 3.23. The maximum Gasteiger partial charge on any atom is 0.142 e. The Labute approximate surface area is 122 Å². The largest absolute Gasteiger partial charge is 0.466 e. The van der Waals surface area contributed by atoms with Crippen LogP contribution in [0.15, 0.2) is 43.9 Å². The molecule has 96 valence electrons. The van der Waals surface area contributed by atoms with Crippen molar-refractivity contribution in [2.24, 2.45) is 0 Å². The Hall–Kier alpha value is -0.650. The number of furan rings is 1. The van der Waals surface area contributed by atoms with Gasteiger partial charge in [-0.25, -0.2) is 4.39 Å². The predicted octanol–water partition coefficient (Wildman–Crippen LogP) is 4.64. The van der Waals surface area contributed by atoms with Crippen molar-refractivity contribution < 1.29 is 8.81 Å². The van der Waals surface area contributed by atoms with Crippen LogP contribution in [0.5, 0.6) is 0 Å². The second-order valence-corrected chi connectivity index (χ2v) is 5.48. The Balaban J connectivity index is 2.48. The zero-order chi connectivity index (χ0) is 13.1. The molecule has 1 unspecified atom stereocenters. The Bertz CT molecular complexity index is 542. The molecule has 5 heteroatoms. The Morgan fingerprint density at radius 3 is 2.67 bits per heavy atom. The van der Waals surface area contributed by atoms with E-state index in [-0.39, 0.29) is 11.9 Å². The average Bonchev–Trinajstić information content (AvgIpc) is 2.76. The van der Waals surface area contributed by atoms with Gasteiger partial charge in [0.25, 0.3) is 0 Å². The molecule has 0 fully saturated rings. The van der Waals surface area contributed by atoms with Crippen molar-refractivity contribution >= 4 is 31.9 Å². The van der Waals surface area contributed by atoms with Gasteiger partial charge in [0.2, 0.25) is 0 Å². The normalized spacial score (nSPS) is 12.7. The fourth-order valence-electron chi connectivity index (χ4n) is 1.80. The highest BCUT2D eigenvalue weighted by atomic mass is 79.9. The Kier molecular flexibility index (Phi) is 4.59. The molecular weight excluding hydrogens is 365 g/mol. The number of benzene rings is 1. The zero-order valence-electron chi connectivity index (χ0n) is 9.71. The molecule has 1 atom stereocenters. The minimum Gasteiger partial charge on any atom is -0.466 e. The fraction of sp³-hybridized carbons (Fsp3) is 0.231. The summed E-state index contributed by atoms with van der Waals surface area (Å²) in [7, 11) is 0. The topological polar surface area (TPSA) is 25.2 Å². The molecule has 0 spiro atoms. The van der Waals surface area contributed by atoms with Crippen LogP contribution < -0.4 is 5.32 Å². The molecule has 0 bridgehead atoms. The van der Waals surface area contributed by atoms with Gasteiger partial charge in [-0.1, -0.05) is 19.1 Å². The summed E-state index contributed by atoms with van der Waals surface area (Å²) in [6, 6.07) is 6.73. The number of rotatable bonds is 4. The summed E-state index contributed by atoms with van der Waals surface area (Å²) in [6.45, 7) is 2.68. The molecule has 0 aliphatic heterocycles.